The summed E-state index contributed by atoms with van der Waals surface area (Å²) in [5.41, 5.74) is 0.612. The molecule has 1 spiro atoms. The van der Waals surface area contributed by atoms with E-state index >= 15 is 0 Å². The molecule has 17 atom stereocenters. The molecule has 12 unspecified atom stereocenters. The maximum atomic E-state index is 10.5. The predicted octanol–water partition coefficient (Wildman–Crippen LogP) is 3.62. The molecule has 4 N–H and O–H groups in total. The highest BCUT2D eigenvalue weighted by Crippen LogP contribution is 2.71. The van der Waals surface area contributed by atoms with E-state index in [4.69, 9.17) is 18.9 Å². The van der Waals surface area contributed by atoms with Crippen LogP contribution in [0.2, 0.25) is 0 Å². The van der Waals surface area contributed by atoms with Gasteiger partial charge in [0, 0.05) is 12.3 Å². The first kappa shape index (κ1) is 29.4. The van der Waals surface area contributed by atoms with Gasteiger partial charge in [-0.3, -0.25) is 0 Å². The lowest BCUT2D eigenvalue weighted by Gasteiger charge is -2.61. The van der Waals surface area contributed by atoms with E-state index in [1.807, 2.05) is 0 Å². The summed E-state index contributed by atoms with van der Waals surface area (Å²) in [6.07, 6.45) is 5.64. The molecule has 4 saturated carbocycles. The molecule has 3 saturated heterocycles. The Morgan fingerprint density at radius 1 is 0.829 bits per heavy atom. The lowest BCUT2D eigenvalue weighted by atomic mass is 9.44. The van der Waals surface area contributed by atoms with Gasteiger partial charge < -0.3 is 39.4 Å². The number of fused-ring (bicyclic) bond motifs is 7. The normalized spacial score (nSPS) is 60.3. The molecule has 3 aliphatic heterocycles. The highest BCUT2D eigenvalue weighted by atomic mass is 16.7. The minimum atomic E-state index is -1.40. The van der Waals surface area contributed by atoms with Gasteiger partial charge in [-0.1, -0.05) is 27.7 Å². The van der Waals surface area contributed by atoms with Crippen LogP contribution >= 0.6 is 0 Å². The van der Waals surface area contributed by atoms with Crippen LogP contribution in [0.25, 0.3) is 0 Å². The molecule has 0 aromatic heterocycles. The van der Waals surface area contributed by atoms with Gasteiger partial charge in [0.15, 0.2) is 12.1 Å². The smallest absolute Gasteiger partial charge is 0.186 e. The number of hydrogen-bond donors (Lipinski definition) is 4. The van der Waals surface area contributed by atoms with E-state index in [0.717, 1.165) is 50.0 Å². The first-order valence-corrected chi connectivity index (χ1v) is 16.8. The van der Waals surface area contributed by atoms with Gasteiger partial charge in [-0.2, -0.15) is 0 Å². The van der Waals surface area contributed by atoms with Crippen LogP contribution in [0.5, 0.6) is 0 Å². The minimum Gasteiger partial charge on any atom is -0.394 e. The van der Waals surface area contributed by atoms with Gasteiger partial charge in [0.05, 0.1) is 25.4 Å². The zero-order chi connectivity index (χ0) is 28.9. The average molecular weight is 579 g/mol. The second-order valence-corrected chi connectivity index (χ2v) is 15.9. The Hall–Kier alpha value is -0.320. The van der Waals surface area contributed by atoms with E-state index in [-0.39, 0.29) is 17.3 Å². The number of ether oxygens (including phenoxy) is 4. The van der Waals surface area contributed by atoms with Crippen molar-refractivity contribution < 1.29 is 39.4 Å². The fraction of sp³-hybridized carbons (Fsp3) is 1.00. The Balaban J connectivity index is 1.03. The molecule has 0 aromatic rings. The van der Waals surface area contributed by atoms with E-state index in [1.165, 1.54) is 38.5 Å². The van der Waals surface area contributed by atoms with Gasteiger partial charge in [-0.25, -0.2) is 0 Å². The molecule has 3 heterocycles. The fourth-order valence-electron chi connectivity index (χ4n) is 11.7. The van der Waals surface area contributed by atoms with Crippen molar-refractivity contribution in [1.29, 1.82) is 0 Å². The standard InChI is InChI=1S/C33H54O8/c1-17-7-12-33(38-16-17)18(2)26-24(41-33)14-23-21-6-5-19-13-20(8-10-31(19,3)22(21)9-11-32(23,26)4)39-30-29(37)28(36)27(35)25(15-34)40-30/h17-30,34-37H,5-16H2,1-4H3/t17-,18?,19?,20-,21?,22?,23?,24?,25?,26?,27?,28?,29?,30?,31-,32-,33+/m0/s1. The third-order valence-corrected chi connectivity index (χ3v) is 14.1. The van der Waals surface area contributed by atoms with Crippen molar-refractivity contribution in [3.63, 3.8) is 0 Å². The van der Waals surface area contributed by atoms with Gasteiger partial charge in [0.25, 0.3) is 0 Å². The Labute approximate surface area is 245 Å². The molecule has 7 rings (SSSR count). The van der Waals surface area contributed by atoms with Crippen molar-refractivity contribution in [2.24, 2.45) is 52.3 Å². The quantitative estimate of drug-likeness (QED) is 0.375. The van der Waals surface area contributed by atoms with Gasteiger partial charge >= 0.3 is 0 Å². The zero-order valence-electron chi connectivity index (χ0n) is 25.5. The molecule has 0 amide bonds. The minimum absolute atomic E-state index is 0.0607. The monoisotopic (exact) mass is 578 g/mol. The molecule has 234 valence electrons. The highest BCUT2D eigenvalue weighted by molar-refractivity contribution is 5.15. The van der Waals surface area contributed by atoms with Crippen LogP contribution in [0.3, 0.4) is 0 Å². The van der Waals surface area contributed by atoms with Crippen LogP contribution in [0.15, 0.2) is 0 Å². The second kappa shape index (κ2) is 10.4. The van der Waals surface area contributed by atoms with Crippen LogP contribution in [0, 0.1) is 52.3 Å². The van der Waals surface area contributed by atoms with Crippen molar-refractivity contribution >= 4 is 0 Å². The van der Waals surface area contributed by atoms with Gasteiger partial charge in [0.1, 0.15) is 24.4 Å². The van der Waals surface area contributed by atoms with E-state index in [1.54, 1.807) is 0 Å². The summed E-state index contributed by atoms with van der Waals surface area (Å²) in [5, 5.41) is 40.4. The molecule has 41 heavy (non-hydrogen) atoms. The third kappa shape index (κ3) is 4.36. The summed E-state index contributed by atoms with van der Waals surface area (Å²) in [5.74, 6) is 4.08. The number of aliphatic hydroxyl groups is 4. The Kier molecular flexibility index (Phi) is 7.43. The van der Waals surface area contributed by atoms with Crippen LogP contribution < -0.4 is 0 Å². The summed E-state index contributed by atoms with van der Waals surface area (Å²) in [7, 11) is 0. The van der Waals surface area contributed by atoms with Crippen molar-refractivity contribution in [2.45, 2.75) is 141 Å². The lowest BCUT2D eigenvalue weighted by Crippen LogP contribution is -2.60. The van der Waals surface area contributed by atoms with E-state index in [0.29, 0.717) is 35.2 Å². The first-order valence-electron chi connectivity index (χ1n) is 16.8. The average Bonchev–Trinajstić information content (AvgIpc) is 3.40. The molecule has 7 aliphatic rings. The first-order chi connectivity index (χ1) is 19.5. The maximum absolute atomic E-state index is 10.5. The van der Waals surface area contributed by atoms with Crippen LogP contribution in [-0.4, -0.2) is 82.3 Å². The SMILES string of the molecule is CC1C2C(CC3C4CCC5C[C@@H](OC6OC(CO)C(O)C(O)C6O)CC[C@]5(C)C4CC[C@@]32C)O[C@]12CC[C@H](C)CO2. The van der Waals surface area contributed by atoms with Crippen LogP contribution in [-0.2, 0) is 18.9 Å². The predicted molar refractivity (Wildman–Crippen MR) is 150 cm³/mol. The summed E-state index contributed by atoms with van der Waals surface area (Å²) in [6.45, 7) is 10.3. The molecular formula is C33H54O8. The summed E-state index contributed by atoms with van der Waals surface area (Å²) in [6, 6.07) is 0. The van der Waals surface area contributed by atoms with Crippen molar-refractivity contribution in [1.82, 2.24) is 0 Å². The highest BCUT2D eigenvalue weighted by Gasteiger charge is 2.69. The molecule has 4 aliphatic carbocycles. The Morgan fingerprint density at radius 3 is 2.34 bits per heavy atom. The summed E-state index contributed by atoms with van der Waals surface area (Å²) in [4.78, 5) is 0. The molecule has 0 radical (unpaired) electrons. The molecule has 7 fully saturated rings. The third-order valence-electron chi connectivity index (χ3n) is 14.1. The summed E-state index contributed by atoms with van der Waals surface area (Å²) < 4.78 is 25.4. The lowest BCUT2D eigenvalue weighted by molar-refractivity contribution is -0.316. The largest absolute Gasteiger partial charge is 0.394 e. The topological polar surface area (TPSA) is 118 Å². The van der Waals surface area contributed by atoms with E-state index < -0.39 is 37.3 Å². The van der Waals surface area contributed by atoms with E-state index in [2.05, 4.69) is 27.7 Å². The van der Waals surface area contributed by atoms with Crippen LogP contribution in [0.1, 0.15) is 91.9 Å². The van der Waals surface area contributed by atoms with Gasteiger partial charge in [-0.05, 0) is 104 Å². The van der Waals surface area contributed by atoms with E-state index in [9.17, 15) is 20.4 Å². The second-order valence-electron chi connectivity index (χ2n) is 15.9. The molecule has 0 aromatic carbocycles. The Bertz CT molecular complexity index is 967. The number of hydrogen-bond acceptors (Lipinski definition) is 8. The Morgan fingerprint density at radius 2 is 1.61 bits per heavy atom. The summed E-state index contributed by atoms with van der Waals surface area (Å²) >= 11 is 0. The molecule has 0 bridgehead atoms. The van der Waals surface area contributed by atoms with Crippen LogP contribution in [0.4, 0.5) is 0 Å². The van der Waals surface area contributed by atoms with Gasteiger partial charge in [0.2, 0.25) is 0 Å². The van der Waals surface area contributed by atoms with Crippen molar-refractivity contribution in [2.75, 3.05) is 13.2 Å². The number of aliphatic hydroxyl groups excluding tert-OH is 4. The molecule has 8 nitrogen and oxygen atoms in total. The fourth-order valence-corrected chi connectivity index (χ4v) is 11.7. The molecular weight excluding hydrogens is 524 g/mol. The zero-order valence-corrected chi connectivity index (χ0v) is 25.5. The van der Waals surface area contributed by atoms with Gasteiger partial charge in [-0.15, -0.1) is 0 Å². The van der Waals surface area contributed by atoms with Crippen molar-refractivity contribution in [3.05, 3.63) is 0 Å². The number of rotatable bonds is 3. The van der Waals surface area contributed by atoms with Crippen molar-refractivity contribution in [3.8, 4) is 0 Å². The molecule has 8 heteroatoms. The maximum Gasteiger partial charge on any atom is 0.186 e.